The molecule has 0 bridgehead atoms. The highest BCUT2D eigenvalue weighted by Crippen LogP contribution is 2.33. The normalized spacial score (nSPS) is 10.8. The number of carbonyl (C=O) groups excluding carboxylic acids is 1. The SMILES string of the molecule is O=C(Nc1ccc(C#Cc2ccccc2)c(C(F)(F)F)c1)c1ccc(CCl)cc1. The highest BCUT2D eigenvalue weighted by atomic mass is 35.5. The van der Waals surface area contributed by atoms with Gasteiger partial charge in [-0.2, -0.15) is 13.2 Å². The molecule has 0 atom stereocenters. The monoisotopic (exact) mass is 413 g/mol. The number of alkyl halides is 4. The van der Waals surface area contributed by atoms with Crippen molar-refractivity contribution < 1.29 is 18.0 Å². The van der Waals surface area contributed by atoms with Gasteiger partial charge in [0.2, 0.25) is 0 Å². The number of nitrogens with one attached hydrogen (secondary N) is 1. The van der Waals surface area contributed by atoms with Crippen LogP contribution in [0.5, 0.6) is 0 Å². The average Bonchev–Trinajstić information content (AvgIpc) is 2.73. The molecule has 0 unspecified atom stereocenters. The second-order valence-corrected chi connectivity index (χ2v) is 6.43. The van der Waals surface area contributed by atoms with Gasteiger partial charge in [-0.05, 0) is 48.0 Å². The summed E-state index contributed by atoms with van der Waals surface area (Å²) in [6.07, 6.45) is -4.61. The van der Waals surface area contributed by atoms with Gasteiger partial charge < -0.3 is 5.32 Å². The molecule has 3 aromatic carbocycles. The van der Waals surface area contributed by atoms with Crippen LogP contribution in [0.4, 0.5) is 18.9 Å². The Morgan fingerprint density at radius 2 is 1.62 bits per heavy atom. The summed E-state index contributed by atoms with van der Waals surface area (Å²) in [5, 5.41) is 2.49. The van der Waals surface area contributed by atoms with E-state index < -0.39 is 17.6 Å². The second-order valence-electron chi connectivity index (χ2n) is 6.16. The van der Waals surface area contributed by atoms with Gasteiger partial charge in [0.15, 0.2) is 0 Å². The fourth-order valence-corrected chi connectivity index (χ4v) is 2.75. The van der Waals surface area contributed by atoms with Crippen LogP contribution in [0.25, 0.3) is 0 Å². The number of hydrogen-bond donors (Lipinski definition) is 1. The summed E-state index contributed by atoms with van der Waals surface area (Å²) in [5.74, 6) is 5.08. The number of anilines is 1. The van der Waals surface area contributed by atoms with E-state index in [-0.39, 0.29) is 11.3 Å². The molecule has 1 amide bonds. The Bertz CT molecular complexity index is 1070. The van der Waals surface area contributed by atoms with E-state index in [4.69, 9.17) is 11.6 Å². The first-order chi connectivity index (χ1) is 13.9. The molecule has 0 aliphatic rings. The van der Waals surface area contributed by atoms with Gasteiger partial charge in [0.25, 0.3) is 5.91 Å². The van der Waals surface area contributed by atoms with Crippen molar-refractivity contribution >= 4 is 23.2 Å². The van der Waals surface area contributed by atoms with Gasteiger partial charge in [0.05, 0.1) is 5.56 Å². The summed E-state index contributed by atoms with van der Waals surface area (Å²) < 4.78 is 40.5. The summed E-state index contributed by atoms with van der Waals surface area (Å²) in [4.78, 5) is 12.3. The summed E-state index contributed by atoms with van der Waals surface area (Å²) in [6.45, 7) is 0. The molecule has 146 valence electrons. The second kappa shape index (κ2) is 8.85. The van der Waals surface area contributed by atoms with Crippen molar-refractivity contribution in [3.63, 3.8) is 0 Å². The molecular weight excluding hydrogens is 399 g/mol. The Kier molecular flexibility index (Phi) is 6.26. The Labute approximate surface area is 171 Å². The van der Waals surface area contributed by atoms with Crippen LogP contribution in [0.15, 0.2) is 72.8 Å². The predicted molar refractivity (Wildman–Crippen MR) is 108 cm³/mol. The Morgan fingerprint density at radius 3 is 2.24 bits per heavy atom. The van der Waals surface area contributed by atoms with Crippen LogP contribution in [0.1, 0.15) is 32.6 Å². The summed E-state index contributed by atoms with van der Waals surface area (Å²) in [6, 6.07) is 18.8. The minimum atomic E-state index is -4.61. The van der Waals surface area contributed by atoms with Gasteiger partial charge >= 0.3 is 6.18 Å². The lowest BCUT2D eigenvalue weighted by molar-refractivity contribution is -0.137. The molecular formula is C23H15ClF3NO. The van der Waals surface area contributed by atoms with Crippen molar-refractivity contribution in [1.82, 2.24) is 0 Å². The van der Waals surface area contributed by atoms with Crippen LogP contribution in [-0.2, 0) is 12.1 Å². The minimum Gasteiger partial charge on any atom is -0.322 e. The molecule has 0 saturated carbocycles. The predicted octanol–water partition coefficient (Wildman–Crippen LogP) is 6.10. The number of halogens is 4. The molecule has 0 radical (unpaired) electrons. The lowest BCUT2D eigenvalue weighted by Crippen LogP contribution is -2.14. The van der Waals surface area contributed by atoms with Gasteiger partial charge in [-0.3, -0.25) is 4.79 Å². The maximum Gasteiger partial charge on any atom is 0.417 e. The maximum atomic E-state index is 13.5. The van der Waals surface area contributed by atoms with E-state index in [2.05, 4.69) is 17.2 Å². The lowest BCUT2D eigenvalue weighted by Gasteiger charge is -2.12. The highest BCUT2D eigenvalue weighted by molar-refractivity contribution is 6.17. The van der Waals surface area contributed by atoms with Gasteiger partial charge in [-0.25, -0.2) is 0 Å². The van der Waals surface area contributed by atoms with Crippen molar-refractivity contribution in [2.75, 3.05) is 5.32 Å². The van der Waals surface area contributed by atoms with Gasteiger partial charge in [0.1, 0.15) is 0 Å². The van der Waals surface area contributed by atoms with Crippen LogP contribution in [-0.4, -0.2) is 5.91 Å². The minimum absolute atomic E-state index is 0.0361. The zero-order valence-corrected chi connectivity index (χ0v) is 15.8. The molecule has 0 heterocycles. The van der Waals surface area contributed by atoms with Crippen molar-refractivity contribution in [3.8, 4) is 11.8 Å². The molecule has 0 aromatic heterocycles. The molecule has 1 N–H and O–H groups in total. The number of hydrogen-bond acceptors (Lipinski definition) is 1. The third-order valence-electron chi connectivity index (χ3n) is 4.07. The average molecular weight is 414 g/mol. The first-order valence-corrected chi connectivity index (χ1v) is 9.15. The highest BCUT2D eigenvalue weighted by Gasteiger charge is 2.33. The molecule has 6 heteroatoms. The fraction of sp³-hybridized carbons (Fsp3) is 0.0870. The van der Waals surface area contributed by atoms with Gasteiger partial charge in [-0.15, -0.1) is 11.6 Å². The third-order valence-corrected chi connectivity index (χ3v) is 4.38. The standard InChI is InChI=1S/C23H15ClF3NO/c24-15-17-7-10-19(11-8-17)22(29)28-20-13-12-18(21(14-20)23(25,26)27)9-6-16-4-2-1-3-5-16/h1-5,7-8,10-14H,15H2,(H,28,29). The molecule has 29 heavy (non-hydrogen) atoms. The van der Waals surface area contributed by atoms with Crippen LogP contribution < -0.4 is 5.32 Å². The fourth-order valence-electron chi connectivity index (χ4n) is 2.58. The molecule has 0 aliphatic carbocycles. The largest absolute Gasteiger partial charge is 0.417 e. The van der Waals surface area contributed by atoms with E-state index in [9.17, 15) is 18.0 Å². The van der Waals surface area contributed by atoms with Crippen LogP contribution in [0.3, 0.4) is 0 Å². The quantitative estimate of drug-likeness (QED) is 0.408. The van der Waals surface area contributed by atoms with E-state index >= 15 is 0 Å². The zero-order chi connectivity index (χ0) is 20.9. The zero-order valence-electron chi connectivity index (χ0n) is 15.1. The van der Waals surface area contributed by atoms with Gasteiger partial charge in [0, 0.05) is 28.3 Å². The van der Waals surface area contributed by atoms with E-state index in [0.717, 1.165) is 11.6 Å². The van der Waals surface area contributed by atoms with Crippen molar-refractivity contribution in [1.29, 1.82) is 0 Å². The summed E-state index contributed by atoms with van der Waals surface area (Å²) in [7, 11) is 0. The Balaban J connectivity index is 1.87. The topological polar surface area (TPSA) is 29.1 Å². The molecule has 3 aromatic rings. The van der Waals surface area contributed by atoms with Crippen LogP contribution in [0.2, 0.25) is 0 Å². The third kappa shape index (κ3) is 5.40. The van der Waals surface area contributed by atoms with Crippen molar-refractivity contribution in [2.45, 2.75) is 12.1 Å². The molecule has 0 aliphatic heterocycles. The van der Waals surface area contributed by atoms with Crippen LogP contribution >= 0.6 is 11.6 Å². The molecule has 0 fully saturated rings. The molecule has 0 spiro atoms. The van der Waals surface area contributed by atoms with Crippen molar-refractivity contribution in [3.05, 3.63) is 101 Å². The summed E-state index contributed by atoms with van der Waals surface area (Å²) >= 11 is 5.71. The van der Waals surface area contributed by atoms with Gasteiger partial charge in [-0.1, -0.05) is 42.2 Å². The van der Waals surface area contributed by atoms with Crippen LogP contribution in [0, 0.1) is 11.8 Å². The van der Waals surface area contributed by atoms with E-state index in [1.54, 1.807) is 54.6 Å². The maximum absolute atomic E-state index is 13.5. The summed E-state index contributed by atoms with van der Waals surface area (Å²) in [5.41, 5.74) is 0.735. The molecule has 2 nitrogen and oxygen atoms in total. The Morgan fingerprint density at radius 1 is 0.931 bits per heavy atom. The number of rotatable bonds is 3. The van der Waals surface area contributed by atoms with E-state index in [1.165, 1.54) is 12.1 Å². The van der Waals surface area contributed by atoms with Crippen molar-refractivity contribution in [2.24, 2.45) is 0 Å². The molecule has 0 saturated heterocycles. The molecule has 3 rings (SSSR count). The van der Waals surface area contributed by atoms with E-state index in [0.29, 0.717) is 17.0 Å². The number of carbonyl (C=O) groups is 1. The van der Waals surface area contributed by atoms with E-state index in [1.807, 2.05) is 0 Å². The first-order valence-electron chi connectivity index (χ1n) is 8.61. The first kappa shape index (κ1) is 20.5. The smallest absolute Gasteiger partial charge is 0.322 e. The Hall–Kier alpha value is -3.23. The number of amides is 1. The lowest BCUT2D eigenvalue weighted by atomic mass is 10.1. The number of benzene rings is 3.